The third-order valence-electron chi connectivity index (χ3n) is 3.63. The Balaban J connectivity index is 1.55. The lowest BCUT2D eigenvalue weighted by Crippen LogP contribution is -2.27. The summed E-state index contributed by atoms with van der Waals surface area (Å²) >= 11 is 7.00. The summed E-state index contributed by atoms with van der Waals surface area (Å²) in [5.74, 6) is -1.28. The van der Waals surface area contributed by atoms with Gasteiger partial charge in [-0.25, -0.2) is 4.79 Å². The number of carbonyl (C=O) groups excluding carboxylic acids is 3. The first-order chi connectivity index (χ1) is 13.5. The average Bonchev–Trinajstić information content (AvgIpc) is 3.15. The van der Waals surface area contributed by atoms with Crippen molar-refractivity contribution in [3.63, 3.8) is 0 Å². The molecule has 28 heavy (non-hydrogen) atoms. The summed E-state index contributed by atoms with van der Waals surface area (Å²) in [6.07, 6.45) is 0. The first-order valence-electron chi connectivity index (χ1n) is 8.20. The van der Waals surface area contributed by atoms with E-state index in [2.05, 4.69) is 10.6 Å². The quantitative estimate of drug-likeness (QED) is 0.467. The summed E-state index contributed by atoms with van der Waals surface area (Å²) in [6, 6.07) is 18.2. The van der Waals surface area contributed by atoms with Gasteiger partial charge in [0.2, 0.25) is 0 Å². The Kier molecular flexibility index (Phi) is 6.41. The van der Waals surface area contributed by atoms with E-state index in [0.717, 1.165) is 11.3 Å². The van der Waals surface area contributed by atoms with Crippen molar-refractivity contribution in [1.29, 1.82) is 0 Å². The number of carbonyl (C=O) groups is 3. The smallest absolute Gasteiger partial charge is 0.339 e. The van der Waals surface area contributed by atoms with Crippen LogP contribution in [0.25, 0.3) is 0 Å². The van der Waals surface area contributed by atoms with E-state index in [4.69, 9.17) is 16.3 Å². The van der Waals surface area contributed by atoms with Crippen LogP contribution in [-0.2, 0) is 4.74 Å². The zero-order valence-electron chi connectivity index (χ0n) is 14.5. The van der Waals surface area contributed by atoms with E-state index in [0.29, 0.717) is 26.0 Å². The highest BCUT2D eigenvalue weighted by atomic mass is 35.5. The molecule has 1 aromatic heterocycles. The fourth-order valence-electron chi connectivity index (χ4n) is 2.29. The summed E-state index contributed by atoms with van der Waals surface area (Å²) in [5, 5.41) is 5.22. The van der Waals surface area contributed by atoms with Crippen LogP contribution in [-0.4, -0.2) is 24.5 Å². The molecule has 0 saturated carbocycles. The summed E-state index contributed by atoms with van der Waals surface area (Å²) in [4.78, 5) is 36.7. The second kappa shape index (κ2) is 9.16. The van der Waals surface area contributed by atoms with Crippen molar-refractivity contribution < 1.29 is 19.1 Å². The Morgan fingerprint density at radius 2 is 1.64 bits per heavy atom. The molecule has 0 saturated heterocycles. The maximum absolute atomic E-state index is 12.2. The van der Waals surface area contributed by atoms with Gasteiger partial charge in [0.25, 0.3) is 11.8 Å². The van der Waals surface area contributed by atoms with E-state index in [1.54, 1.807) is 60.7 Å². The van der Waals surface area contributed by atoms with Gasteiger partial charge in [-0.1, -0.05) is 35.9 Å². The van der Waals surface area contributed by atoms with Gasteiger partial charge in [0, 0.05) is 11.3 Å². The number of ether oxygens (including phenoxy) is 1. The highest BCUT2D eigenvalue weighted by molar-refractivity contribution is 7.18. The number of nitrogens with one attached hydrogen (secondary N) is 2. The number of esters is 1. The highest BCUT2D eigenvalue weighted by Crippen LogP contribution is 2.22. The molecule has 0 fully saturated rings. The van der Waals surface area contributed by atoms with Crippen LogP contribution in [0.15, 0.2) is 66.7 Å². The molecule has 0 aliphatic carbocycles. The minimum Gasteiger partial charge on any atom is -0.441 e. The molecule has 8 heteroatoms. The topological polar surface area (TPSA) is 84.5 Å². The van der Waals surface area contributed by atoms with Gasteiger partial charge in [0.15, 0.2) is 6.73 Å². The number of rotatable bonds is 6. The summed E-state index contributed by atoms with van der Waals surface area (Å²) in [5.41, 5.74) is 1.18. The predicted molar refractivity (Wildman–Crippen MR) is 108 cm³/mol. The van der Waals surface area contributed by atoms with Gasteiger partial charge in [-0.15, -0.1) is 11.3 Å². The molecule has 3 aromatic rings. The fourth-order valence-corrected chi connectivity index (χ4v) is 3.23. The normalized spacial score (nSPS) is 10.2. The van der Waals surface area contributed by atoms with E-state index < -0.39 is 11.9 Å². The number of amides is 2. The fraction of sp³-hybridized carbons (Fsp3) is 0.0500. The first kappa shape index (κ1) is 19.6. The molecular formula is C20H15ClN2O4S. The summed E-state index contributed by atoms with van der Waals surface area (Å²) in [6.45, 7) is -0.267. The van der Waals surface area contributed by atoms with Gasteiger partial charge < -0.3 is 15.4 Å². The number of anilines is 1. The zero-order chi connectivity index (χ0) is 19.9. The van der Waals surface area contributed by atoms with Crippen molar-refractivity contribution in [3.05, 3.63) is 87.1 Å². The molecule has 6 nitrogen and oxygen atoms in total. The molecule has 142 valence electrons. The third-order valence-corrected chi connectivity index (χ3v) is 4.86. The van der Waals surface area contributed by atoms with E-state index in [9.17, 15) is 14.4 Å². The van der Waals surface area contributed by atoms with Crippen LogP contribution in [0.4, 0.5) is 5.69 Å². The molecule has 0 aliphatic rings. The van der Waals surface area contributed by atoms with Crippen LogP contribution in [0.3, 0.4) is 0 Å². The molecule has 0 radical (unpaired) electrons. The maximum atomic E-state index is 12.2. The lowest BCUT2D eigenvalue weighted by molar-refractivity contribution is 0.0463. The van der Waals surface area contributed by atoms with Gasteiger partial charge in [0.1, 0.15) is 0 Å². The van der Waals surface area contributed by atoms with Crippen molar-refractivity contribution >= 4 is 46.4 Å². The van der Waals surface area contributed by atoms with Gasteiger partial charge in [-0.05, 0) is 42.5 Å². The molecule has 0 spiro atoms. The van der Waals surface area contributed by atoms with E-state index >= 15 is 0 Å². The molecule has 2 amide bonds. The second-order valence-electron chi connectivity index (χ2n) is 5.59. The van der Waals surface area contributed by atoms with Crippen molar-refractivity contribution in [1.82, 2.24) is 5.32 Å². The predicted octanol–water partition coefficient (Wildman–Crippen LogP) is 4.20. The van der Waals surface area contributed by atoms with Crippen molar-refractivity contribution in [2.24, 2.45) is 0 Å². The lowest BCUT2D eigenvalue weighted by atomic mass is 10.2. The van der Waals surface area contributed by atoms with Gasteiger partial charge in [-0.3, -0.25) is 9.59 Å². The van der Waals surface area contributed by atoms with Gasteiger partial charge in [-0.2, -0.15) is 0 Å². The zero-order valence-corrected chi connectivity index (χ0v) is 16.0. The van der Waals surface area contributed by atoms with Crippen LogP contribution in [0.5, 0.6) is 0 Å². The molecule has 3 rings (SSSR count). The van der Waals surface area contributed by atoms with Crippen molar-refractivity contribution in [2.75, 3.05) is 12.0 Å². The molecule has 2 N–H and O–H groups in total. The van der Waals surface area contributed by atoms with Crippen LogP contribution in [0.1, 0.15) is 30.4 Å². The average molecular weight is 415 g/mol. The van der Waals surface area contributed by atoms with Crippen molar-refractivity contribution in [2.45, 2.75) is 0 Å². The van der Waals surface area contributed by atoms with Crippen molar-refractivity contribution in [3.8, 4) is 0 Å². The Bertz CT molecular complexity index is 1000. The minimum atomic E-state index is -0.531. The Morgan fingerprint density at radius 3 is 2.36 bits per heavy atom. The van der Waals surface area contributed by atoms with E-state index in [1.807, 2.05) is 0 Å². The van der Waals surface area contributed by atoms with E-state index in [1.165, 1.54) is 6.07 Å². The third kappa shape index (κ3) is 5.18. The molecule has 0 atom stereocenters. The SMILES string of the molecule is O=C(NCOC(=O)c1ccccc1)c1cccc(NC(=O)c2ccc(Cl)s2)c1. The Labute approximate surface area is 170 Å². The molecule has 0 bridgehead atoms. The summed E-state index contributed by atoms with van der Waals surface area (Å²) < 4.78 is 5.54. The number of thiophene rings is 1. The lowest BCUT2D eigenvalue weighted by Gasteiger charge is -2.09. The number of hydrogen-bond donors (Lipinski definition) is 2. The molecule has 0 unspecified atom stereocenters. The van der Waals surface area contributed by atoms with Gasteiger partial charge in [0.05, 0.1) is 14.8 Å². The maximum Gasteiger partial charge on any atom is 0.339 e. The second-order valence-corrected chi connectivity index (χ2v) is 7.30. The number of benzene rings is 2. The van der Waals surface area contributed by atoms with Crippen LogP contribution < -0.4 is 10.6 Å². The number of halogens is 1. The van der Waals surface area contributed by atoms with Crippen LogP contribution in [0.2, 0.25) is 4.34 Å². The molecule has 0 aliphatic heterocycles. The number of hydrogen-bond acceptors (Lipinski definition) is 5. The molecule has 1 heterocycles. The highest BCUT2D eigenvalue weighted by Gasteiger charge is 2.12. The monoisotopic (exact) mass is 414 g/mol. The van der Waals surface area contributed by atoms with Crippen LogP contribution >= 0.6 is 22.9 Å². The minimum absolute atomic E-state index is 0.267. The van der Waals surface area contributed by atoms with E-state index in [-0.39, 0.29) is 12.6 Å². The largest absolute Gasteiger partial charge is 0.441 e. The Hall–Kier alpha value is -3.16. The first-order valence-corrected chi connectivity index (χ1v) is 9.39. The van der Waals surface area contributed by atoms with Gasteiger partial charge >= 0.3 is 5.97 Å². The standard InChI is InChI=1S/C20H15ClN2O4S/c21-17-10-9-16(28-17)19(25)23-15-8-4-7-14(11-15)18(24)22-12-27-20(26)13-5-2-1-3-6-13/h1-11H,12H2,(H,22,24)(H,23,25). The Morgan fingerprint density at radius 1 is 0.893 bits per heavy atom. The summed E-state index contributed by atoms with van der Waals surface area (Å²) in [7, 11) is 0. The molecular weight excluding hydrogens is 400 g/mol. The van der Waals surface area contributed by atoms with Crippen LogP contribution in [0, 0.1) is 0 Å². The molecule has 2 aromatic carbocycles.